The summed E-state index contributed by atoms with van der Waals surface area (Å²) in [5, 5.41) is 12.0. The van der Waals surface area contributed by atoms with Crippen LogP contribution in [0.2, 0.25) is 0 Å². The lowest BCUT2D eigenvalue weighted by atomic mass is 10.1. The van der Waals surface area contributed by atoms with E-state index in [4.69, 9.17) is 0 Å². The topological polar surface area (TPSA) is 92.3 Å². The van der Waals surface area contributed by atoms with Crippen molar-refractivity contribution in [2.75, 3.05) is 5.32 Å². The average Bonchev–Trinajstić information content (AvgIpc) is 3.28. The predicted octanol–water partition coefficient (Wildman–Crippen LogP) is 2.04. The monoisotopic (exact) mass is 342 g/mol. The maximum absolute atomic E-state index is 12.4. The largest absolute Gasteiger partial charge is 0.299 e. The van der Waals surface area contributed by atoms with Gasteiger partial charge in [0.2, 0.25) is 11.0 Å². The number of nitrogens with one attached hydrogen (secondary N) is 1. The second-order valence-electron chi connectivity index (χ2n) is 5.91. The number of hydrogen-bond donors (Lipinski definition) is 1. The molecule has 0 unspecified atom stereocenters. The summed E-state index contributed by atoms with van der Waals surface area (Å²) in [5.74, 6) is -0.895. The van der Waals surface area contributed by atoms with Crippen molar-refractivity contribution in [2.24, 2.45) is 0 Å². The third-order valence-corrected chi connectivity index (χ3v) is 5.19. The Hall–Kier alpha value is -2.61. The van der Waals surface area contributed by atoms with E-state index in [2.05, 4.69) is 15.5 Å². The van der Waals surface area contributed by atoms with Gasteiger partial charge in [-0.3, -0.25) is 24.6 Å². The fourth-order valence-electron chi connectivity index (χ4n) is 2.67. The number of aromatic nitrogens is 2. The average molecular weight is 342 g/mol. The summed E-state index contributed by atoms with van der Waals surface area (Å²) in [5.41, 5.74) is 0.656. The number of benzene rings is 1. The van der Waals surface area contributed by atoms with Crippen LogP contribution in [0.25, 0.3) is 0 Å². The van der Waals surface area contributed by atoms with Crippen LogP contribution in [-0.4, -0.2) is 38.9 Å². The van der Waals surface area contributed by atoms with E-state index in [1.807, 2.05) is 0 Å². The van der Waals surface area contributed by atoms with Gasteiger partial charge < -0.3 is 0 Å². The molecule has 4 rings (SSSR count). The Morgan fingerprint density at radius 3 is 2.42 bits per heavy atom. The molecule has 1 saturated carbocycles. The normalized spacial score (nSPS) is 17.8. The molecule has 1 aliphatic heterocycles. The summed E-state index contributed by atoms with van der Waals surface area (Å²) >= 11 is 1.34. The van der Waals surface area contributed by atoms with Crippen molar-refractivity contribution in [2.45, 2.75) is 31.7 Å². The van der Waals surface area contributed by atoms with Gasteiger partial charge in [-0.05, 0) is 31.9 Å². The van der Waals surface area contributed by atoms with Crippen LogP contribution in [0.3, 0.4) is 0 Å². The van der Waals surface area contributed by atoms with Crippen LogP contribution in [0.1, 0.15) is 51.4 Å². The third-order valence-electron chi connectivity index (χ3n) is 4.19. The zero-order valence-electron chi connectivity index (χ0n) is 12.9. The highest BCUT2D eigenvalue weighted by atomic mass is 32.1. The SMILES string of the molecule is C[C@@H](C(=O)Nc1nnc(C2CC2)s1)N1C(=O)c2ccccc2C1=O. The molecule has 122 valence electrons. The van der Waals surface area contributed by atoms with Gasteiger partial charge in [0.05, 0.1) is 11.1 Å². The van der Waals surface area contributed by atoms with E-state index in [-0.39, 0.29) is 0 Å². The Labute approximate surface area is 141 Å². The Morgan fingerprint density at radius 1 is 1.21 bits per heavy atom. The number of nitrogens with zero attached hydrogens (tertiary/aromatic N) is 3. The first kappa shape index (κ1) is 14.9. The van der Waals surface area contributed by atoms with E-state index in [9.17, 15) is 14.4 Å². The van der Waals surface area contributed by atoms with Gasteiger partial charge in [0.1, 0.15) is 11.0 Å². The van der Waals surface area contributed by atoms with E-state index in [1.54, 1.807) is 24.3 Å². The minimum atomic E-state index is -0.925. The molecule has 8 heteroatoms. The lowest BCUT2D eigenvalue weighted by Gasteiger charge is -2.20. The Morgan fingerprint density at radius 2 is 1.83 bits per heavy atom. The van der Waals surface area contributed by atoms with Crippen LogP contribution in [-0.2, 0) is 4.79 Å². The van der Waals surface area contributed by atoms with Crippen molar-refractivity contribution in [1.29, 1.82) is 0 Å². The van der Waals surface area contributed by atoms with Crippen molar-refractivity contribution >= 4 is 34.2 Å². The molecule has 1 aromatic heterocycles. The molecule has 1 fully saturated rings. The van der Waals surface area contributed by atoms with E-state index in [0.717, 1.165) is 22.7 Å². The molecule has 3 amide bonds. The second kappa shape index (κ2) is 5.48. The molecular weight excluding hydrogens is 328 g/mol. The molecule has 2 aromatic rings. The quantitative estimate of drug-likeness (QED) is 0.859. The molecule has 2 aliphatic rings. The van der Waals surface area contributed by atoms with Crippen LogP contribution < -0.4 is 5.32 Å². The van der Waals surface area contributed by atoms with E-state index in [0.29, 0.717) is 22.2 Å². The third kappa shape index (κ3) is 2.39. The van der Waals surface area contributed by atoms with Gasteiger partial charge in [-0.15, -0.1) is 10.2 Å². The summed E-state index contributed by atoms with van der Waals surface area (Å²) < 4.78 is 0. The number of imide groups is 1. The Balaban J connectivity index is 1.50. The lowest BCUT2D eigenvalue weighted by Crippen LogP contribution is -2.45. The molecule has 0 radical (unpaired) electrons. The number of carbonyl (C=O) groups is 3. The van der Waals surface area contributed by atoms with Crippen molar-refractivity contribution in [3.05, 3.63) is 40.4 Å². The van der Waals surface area contributed by atoms with Crippen molar-refractivity contribution in [3.8, 4) is 0 Å². The number of anilines is 1. The second-order valence-corrected chi connectivity index (χ2v) is 6.92. The molecule has 24 heavy (non-hydrogen) atoms. The van der Waals surface area contributed by atoms with Crippen molar-refractivity contribution < 1.29 is 14.4 Å². The predicted molar refractivity (Wildman–Crippen MR) is 86.9 cm³/mol. The molecule has 1 atom stereocenters. The summed E-state index contributed by atoms with van der Waals surface area (Å²) in [6.45, 7) is 1.53. The first-order valence-electron chi connectivity index (χ1n) is 7.67. The van der Waals surface area contributed by atoms with Crippen LogP contribution in [0.4, 0.5) is 5.13 Å². The molecule has 0 spiro atoms. The van der Waals surface area contributed by atoms with Gasteiger partial charge in [0.15, 0.2) is 0 Å². The lowest BCUT2D eigenvalue weighted by molar-refractivity contribution is -0.119. The summed E-state index contributed by atoms with van der Waals surface area (Å²) in [7, 11) is 0. The Bertz CT molecular complexity index is 824. The summed E-state index contributed by atoms with van der Waals surface area (Å²) in [6.07, 6.45) is 2.21. The van der Waals surface area contributed by atoms with Crippen LogP contribution >= 0.6 is 11.3 Å². The van der Waals surface area contributed by atoms with Gasteiger partial charge in [-0.2, -0.15) is 0 Å². The number of fused-ring (bicyclic) bond motifs is 1. The number of amides is 3. The molecule has 1 aliphatic carbocycles. The van der Waals surface area contributed by atoms with E-state index in [1.165, 1.54) is 18.3 Å². The molecule has 1 N–H and O–H groups in total. The maximum atomic E-state index is 12.4. The van der Waals surface area contributed by atoms with Gasteiger partial charge >= 0.3 is 0 Å². The van der Waals surface area contributed by atoms with Gasteiger partial charge in [-0.25, -0.2) is 0 Å². The highest BCUT2D eigenvalue weighted by molar-refractivity contribution is 7.15. The summed E-state index contributed by atoms with van der Waals surface area (Å²) in [6, 6.07) is 5.64. The molecule has 0 bridgehead atoms. The molecule has 0 saturated heterocycles. The Kier molecular flexibility index (Phi) is 3.42. The van der Waals surface area contributed by atoms with Gasteiger partial charge in [-0.1, -0.05) is 23.5 Å². The van der Waals surface area contributed by atoms with Gasteiger partial charge in [0, 0.05) is 5.92 Å². The van der Waals surface area contributed by atoms with Crippen molar-refractivity contribution in [1.82, 2.24) is 15.1 Å². The molecule has 1 aromatic carbocycles. The maximum Gasteiger partial charge on any atom is 0.262 e. The van der Waals surface area contributed by atoms with E-state index < -0.39 is 23.8 Å². The fourth-order valence-corrected chi connectivity index (χ4v) is 3.58. The highest BCUT2D eigenvalue weighted by Gasteiger charge is 2.40. The molecule has 7 nitrogen and oxygen atoms in total. The zero-order valence-corrected chi connectivity index (χ0v) is 13.7. The first-order valence-corrected chi connectivity index (χ1v) is 8.49. The zero-order chi connectivity index (χ0) is 16.8. The molecule has 2 heterocycles. The first-order chi connectivity index (χ1) is 11.6. The molecular formula is C16H14N4O3S. The number of hydrogen-bond acceptors (Lipinski definition) is 6. The minimum absolute atomic E-state index is 0.328. The number of carbonyl (C=O) groups excluding carboxylic acids is 3. The van der Waals surface area contributed by atoms with Crippen LogP contribution in [0.15, 0.2) is 24.3 Å². The smallest absolute Gasteiger partial charge is 0.262 e. The summed E-state index contributed by atoms with van der Waals surface area (Å²) in [4.78, 5) is 38.2. The van der Waals surface area contributed by atoms with Crippen molar-refractivity contribution in [3.63, 3.8) is 0 Å². The van der Waals surface area contributed by atoms with Crippen LogP contribution in [0, 0.1) is 0 Å². The number of rotatable bonds is 4. The minimum Gasteiger partial charge on any atom is -0.299 e. The van der Waals surface area contributed by atoms with E-state index >= 15 is 0 Å². The standard InChI is InChI=1S/C16H14N4O3S/c1-8(12(21)17-16-19-18-13(24-16)9-6-7-9)20-14(22)10-4-2-3-5-11(10)15(20)23/h2-5,8-9H,6-7H2,1H3,(H,17,19,21)/t8-/m0/s1. The van der Waals surface area contributed by atoms with Gasteiger partial charge in [0.25, 0.3) is 11.8 Å². The fraction of sp³-hybridized carbons (Fsp3) is 0.312. The highest BCUT2D eigenvalue weighted by Crippen LogP contribution is 2.42. The van der Waals surface area contributed by atoms with Crippen LogP contribution in [0.5, 0.6) is 0 Å².